The third-order valence-electron chi connectivity index (χ3n) is 2.87. The number of methoxy groups -OCH3 is 1. The molecule has 108 valence electrons. The molecule has 0 bridgehead atoms. The minimum Gasteiger partial charge on any atom is -0.478 e. The SMILES string of the molecule is COC(=O)c1cccnc1NCc1ccc(C(=O)O)cc1. The molecule has 0 aliphatic heterocycles. The summed E-state index contributed by atoms with van der Waals surface area (Å²) in [6.45, 7) is 0.418. The fraction of sp³-hybridized carbons (Fsp3) is 0.133. The van der Waals surface area contributed by atoms with Gasteiger partial charge in [0.25, 0.3) is 0 Å². The molecule has 0 amide bonds. The normalized spacial score (nSPS) is 9.95. The average Bonchev–Trinajstić information content (AvgIpc) is 2.52. The molecule has 0 saturated carbocycles. The van der Waals surface area contributed by atoms with Crippen LogP contribution in [-0.4, -0.2) is 29.1 Å². The number of carboxylic acids is 1. The van der Waals surface area contributed by atoms with E-state index in [0.717, 1.165) is 5.56 Å². The Morgan fingerprint density at radius 2 is 1.95 bits per heavy atom. The van der Waals surface area contributed by atoms with Gasteiger partial charge in [-0.1, -0.05) is 12.1 Å². The van der Waals surface area contributed by atoms with Crippen molar-refractivity contribution in [2.75, 3.05) is 12.4 Å². The highest BCUT2D eigenvalue weighted by molar-refractivity contribution is 5.94. The minimum atomic E-state index is -0.966. The lowest BCUT2D eigenvalue weighted by Crippen LogP contribution is -2.09. The van der Waals surface area contributed by atoms with E-state index >= 15 is 0 Å². The lowest BCUT2D eigenvalue weighted by molar-refractivity contribution is 0.0600. The van der Waals surface area contributed by atoms with Gasteiger partial charge < -0.3 is 15.2 Å². The summed E-state index contributed by atoms with van der Waals surface area (Å²) in [4.78, 5) is 26.5. The van der Waals surface area contributed by atoms with Crippen LogP contribution in [-0.2, 0) is 11.3 Å². The van der Waals surface area contributed by atoms with Gasteiger partial charge in [-0.2, -0.15) is 0 Å². The zero-order valence-corrected chi connectivity index (χ0v) is 11.4. The number of aromatic nitrogens is 1. The van der Waals surface area contributed by atoms with E-state index in [2.05, 4.69) is 15.0 Å². The zero-order chi connectivity index (χ0) is 15.2. The number of carbonyl (C=O) groups is 2. The Morgan fingerprint density at radius 3 is 2.57 bits per heavy atom. The number of anilines is 1. The van der Waals surface area contributed by atoms with Crippen molar-refractivity contribution in [1.29, 1.82) is 0 Å². The van der Waals surface area contributed by atoms with Crippen molar-refractivity contribution < 1.29 is 19.4 Å². The second kappa shape index (κ2) is 6.51. The van der Waals surface area contributed by atoms with Crippen molar-refractivity contribution in [3.05, 3.63) is 59.3 Å². The van der Waals surface area contributed by atoms with Crippen LogP contribution in [0.1, 0.15) is 26.3 Å². The van der Waals surface area contributed by atoms with E-state index in [1.165, 1.54) is 19.2 Å². The maximum absolute atomic E-state index is 11.6. The first-order valence-corrected chi connectivity index (χ1v) is 6.21. The molecule has 1 aromatic carbocycles. The summed E-state index contributed by atoms with van der Waals surface area (Å²) in [6.07, 6.45) is 1.57. The molecular weight excluding hydrogens is 272 g/mol. The van der Waals surface area contributed by atoms with Gasteiger partial charge in [-0.05, 0) is 29.8 Å². The molecule has 0 saturated heterocycles. The first kappa shape index (κ1) is 14.5. The van der Waals surface area contributed by atoms with Crippen molar-refractivity contribution in [3.63, 3.8) is 0 Å². The van der Waals surface area contributed by atoms with Gasteiger partial charge >= 0.3 is 11.9 Å². The number of aromatic carboxylic acids is 1. The maximum Gasteiger partial charge on any atom is 0.341 e. The summed E-state index contributed by atoms with van der Waals surface area (Å²) in [6, 6.07) is 9.74. The number of carboxylic acid groups (broad SMARTS) is 1. The topological polar surface area (TPSA) is 88.5 Å². The van der Waals surface area contributed by atoms with Crippen molar-refractivity contribution >= 4 is 17.8 Å². The summed E-state index contributed by atoms with van der Waals surface area (Å²) < 4.78 is 4.69. The second-order valence-corrected chi connectivity index (χ2v) is 4.25. The van der Waals surface area contributed by atoms with E-state index in [9.17, 15) is 9.59 Å². The minimum absolute atomic E-state index is 0.229. The highest BCUT2D eigenvalue weighted by Crippen LogP contribution is 2.14. The number of nitrogens with zero attached hydrogens (tertiary/aromatic N) is 1. The maximum atomic E-state index is 11.6. The molecule has 2 N–H and O–H groups in total. The zero-order valence-electron chi connectivity index (χ0n) is 11.4. The second-order valence-electron chi connectivity index (χ2n) is 4.25. The lowest BCUT2D eigenvalue weighted by Gasteiger charge is -2.09. The number of benzene rings is 1. The molecule has 0 unspecified atom stereocenters. The number of rotatable bonds is 5. The van der Waals surface area contributed by atoms with E-state index in [-0.39, 0.29) is 5.56 Å². The number of pyridine rings is 1. The van der Waals surface area contributed by atoms with E-state index in [0.29, 0.717) is 17.9 Å². The fourth-order valence-corrected chi connectivity index (χ4v) is 1.77. The molecule has 2 aromatic rings. The molecule has 6 heteroatoms. The molecule has 0 atom stereocenters. The van der Waals surface area contributed by atoms with Crippen LogP contribution >= 0.6 is 0 Å². The van der Waals surface area contributed by atoms with Crippen LogP contribution in [0.4, 0.5) is 5.82 Å². The van der Waals surface area contributed by atoms with Crippen molar-refractivity contribution in [2.45, 2.75) is 6.54 Å². The Morgan fingerprint density at radius 1 is 1.24 bits per heavy atom. The number of hydrogen-bond acceptors (Lipinski definition) is 5. The summed E-state index contributed by atoms with van der Waals surface area (Å²) in [5.74, 6) is -1.01. The molecule has 0 spiro atoms. The highest BCUT2D eigenvalue weighted by atomic mass is 16.5. The van der Waals surface area contributed by atoms with Crippen LogP contribution in [0.5, 0.6) is 0 Å². The van der Waals surface area contributed by atoms with Gasteiger partial charge in [0.05, 0.1) is 12.7 Å². The number of hydrogen-bond donors (Lipinski definition) is 2. The Hall–Kier alpha value is -2.89. The van der Waals surface area contributed by atoms with Crippen molar-refractivity contribution in [3.8, 4) is 0 Å². The summed E-state index contributed by atoms with van der Waals surface area (Å²) in [5.41, 5.74) is 1.45. The first-order valence-electron chi connectivity index (χ1n) is 6.21. The molecule has 21 heavy (non-hydrogen) atoms. The summed E-state index contributed by atoms with van der Waals surface area (Å²) >= 11 is 0. The van der Waals surface area contributed by atoms with Crippen LogP contribution in [0, 0.1) is 0 Å². The number of nitrogens with one attached hydrogen (secondary N) is 1. The molecule has 0 aliphatic carbocycles. The quantitative estimate of drug-likeness (QED) is 0.819. The predicted molar refractivity (Wildman–Crippen MR) is 76.3 cm³/mol. The van der Waals surface area contributed by atoms with Gasteiger partial charge in [-0.3, -0.25) is 0 Å². The number of carbonyl (C=O) groups excluding carboxylic acids is 1. The van der Waals surface area contributed by atoms with Crippen LogP contribution in [0.2, 0.25) is 0 Å². The van der Waals surface area contributed by atoms with Gasteiger partial charge in [0, 0.05) is 12.7 Å². The van der Waals surface area contributed by atoms with E-state index in [1.54, 1.807) is 30.5 Å². The van der Waals surface area contributed by atoms with Crippen LogP contribution < -0.4 is 5.32 Å². The van der Waals surface area contributed by atoms with Gasteiger partial charge in [-0.15, -0.1) is 0 Å². The first-order chi connectivity index (χ1) is 10.1. The fourth-order valence-electron chi connectivity index (χ4n) is 1.77. The van der Waals surface area contributed by atoms with E-state index < -0.39 is 11.9 Å². The number of esters is 1. The number of ether oxygens (including phenoxy) is 1. The van der Waals surface area contributed by atoms with Crippen molar-refractivity contribution in [2.24, 2.45) is 0 Å². The molecule has 0 fully saturated rings. The van der Waals surface area contributed by atoms with Crippen molar-refractivity contribution in [1.82, 2.24) is 4.98 Å². The molecule has 0 radical (unpaired) electrons. The Bertz CT molecular complexity index is 653. The molecule has 1 heterocycles. The van der Waals surface area contributed by atoms with Gasteiger partial charge in [0.2, 0.25) is 0 Å². The Labute approximate surface area is 121 Å². The Kier molecular flexibility index (Phi) is 4.50. The molecular formula is C15H14N2O4. The smallest absolute Gasteiger partial charge is 0.341 e. The third kappa shape index (κ3) is 3.56. The third-order valence-corrected chi connectivity index (χ3v) is 2.87. The van der Waals surface area contributed by atoms with Crippen LogP contribution in [0.25, 0.3) is 0 Å². The van der Waals surface area contributed by atoms with Gasteiger partial charge in [0.1, 0.15) is 11.4 Å². The van der Waals surface area contributed by atoms with E-state index in [1.807, 2.05) is 0 Å². The highest BCUT2D eigenvalue weighted by Gasteiger charge is 2.12. The summed E-state index contributed by atoms with van der Waals surface area (Å²) in [7, 11) is 1.31. The Balaban J connectivity index is 2.09. The molecule has 1 aromatic heterocycles. The van der Waals surface area contributed by atoms with E-state index in [4.69, 9.17) is 5.11 Å². The van der Waals surface area contributed by atoms with Gasteiger partial charge in [-0.25, -0.2) is 14.6 Å². The molecule has 2 rings (SSSR count). The summed E-state index contributed by atoms with van der Waals surface area (Å²) in [5, 5.41) is 11.9. The van der Waals surface area contributed by atoms with Crippen LogP contribution in [0.3, 0.4) is 0 Å². The largest absolute Gasteiger partial charge is 0.478 e. The molecule has 6 nitrogen and oxygen atoms in total. The lowest BCUT2D eigenvalue weighted by atomic mass is 10.1. The predicted octanol–water partition coefficient (Wildman–Crippen LogP) is 2.18. The standard InChI is InChI=1S/C15H14N2O4/c1-21-15(20)12-3-2-8-16-13(12)17-9-10-4-6-11(7-5-10)14(18)19/h2-8H,9H2,1H3,(H,16,17)(H,18,19). The van der Waals surface area contributed by atoms with Crippen LogP contribution in [0.15, 0.2) is 42.6 Å². The average molecular weight is 286 g/mol. The molecule has 0 aliphatic rings. The van der Waals surface area contributed by atoms with Gasteiger partial charge in [0.15, 0.2) is 0 Å². The monoisotopic (exact) mass is 286 g/mol.